The van der Waals surface area contributed by atoms with Crippen LogP contribution in [-0.4, -0.2) is 70.2 Å². The van der Waals surface area contributed by atoms with Crippen molar-refractivity contribution in [2.45, 2.75) is 6.04 Å². The van der Waals surface area contributed by atoms with Gasteiger partial charge in [-0.05, 0) is 16.7 Å². The maximum Gasteiger partial charge on any atom is 0.291 e. The fourth-order valence-electron chi connectivity index (χ4n) is 4.50. The van der Waals surface area contributed by atoms with Gasteiger partial charge in [-0.1, -0.05) is 54.6 Å². The molecule has 2 aromatic carbocycles. The minimum atomic E-state index is -0.0715. The van der Waals surface area contributed by atoms with Crippen LogP contribution >= 0.6 is 0 Å². The first-order chi connectivity index (χ1) is 15.3. The number of aromatic amines is 1. The maximum atomic E-state index is 12.4. The Morgan fingerprint density at radius 2 is 1.71 bits per heavy atom. The predicted molar refractivity (Wildman–Crippen MR) is 118 cm³/mol. The Hall–Kier alpha value is -3.07. The van der Waals surface area contributed by atoms with E-state index >= 15 is 0 Å². The van der Waals surface area contributed by atoms with Crippen molar-refractivity contribution in [2.24, 2.45) is 5.92 Å². The van der Waals surface area contributed by atoms with E-state index in [1.807, 2.05) is 11.0 Å². The van der Waals surface area contributed by atoms with Crippen molar-refractivity contribution in [3.8, 4) is 11.1 Å². The van der Waals surface area contributed by atoms with Crippen molar-refractivity contribution in [3.63, 3.8) is 0 Å². The van der Waals surface area contributed by atoms with Gasteiger partial charge in [-0.2, -0.15) is 5.10 Å². The Morgan fingerprint density at radius 3 is 2.42 bits per heavy atom. The van der Waals surface area contributed by atoms with Gasteiger partial charge in [0, 0.05) is 45.2 Å². The van der Waals surface area contributed by atoms with Crippen molar-refractivity contribution in [2.75, 3.05) is 39.3 Å². The molecule has 3 heterocycles. The number of hydrogen-bond donors (Lipinski definition) is 3. The summed E-state index contributed by atoms with van der Waals surface area (Å²) in [6.07, 6.45) is 1.37. The van der Waals surface area contributed by atoms with Crippen LogP contribution in [0.3, 0.4) is 0 Å². The lowest BCUT2D eigenvalue weighted by Crippen LogP contribution is -2.50. The summed E-state index contributed by atoms with van der Waals surface area (Å²) in [5.74, 6) is 0.716. The van der Waals surface area contributed by atoms with Crippen LogP contribution in [0.5, 0.6) is 0 Å². The Bertz CT molecular complexity index is 983. The molecule has 8 nitrogen and oxygen atoms in total. The van der Waals surface area contributed by atoms with Crippen molar-refractivity contribution < 1.29 is 4.79 Å². The standard InChI is InChI=1S/C23H27N7O/c31-23(22-24-16-26-28-22)30-12-10-29(11-13-30)15-20-14-25-27-21(20)19-8-6-18(7-9-19)17-4-2-1-3-5-17/h1-9,16,20-21,25,27H,10-15H2,(H,24,26,28). The van der Waals surface area contributed by atoms with Crippen molar-refractivity contribution in [1.82, 2.24) is 35.8 Å². The van der Waals surface area contributed by atoms with Gasteiger partial charge in [0.2, 0.25) is 5.82 Å². The highest BCUT2D eigenvalue weighted by molar-refractivity contribution is 5.90. The van der Waals surface area contributed by atoms with Gasteiger partial charge in [0.1, 0.15) is 6.33 Å². The molecule has 0 spiro atoms. The number of amides is 1. The fraction of sp³-hybridized carbons (Fsp3) is 0.348. The van der Waals surface area contributed by atoms with E-state index < -0.39 is 0 Å². The van der Waals surface area contributed by atoms with Crippen LogP contribution < -0.4 is 10.9 Å². The largest absolute Gasteiger partial charge is 0.333 e. The number of carbonyl (C=O) groups excluding carboxylic acids is 1. The van der Waals surface area contributed by atoms with Crippen molar-refractivity contribution >= 4 is 5.91 Å². The van der Waals surface area contributed by atoms with Gasteiger partial charge in [-0.3, -0.25) is 20.2 Å². The Balaban J connectivity index is 1.18. The van der Waals surface area contributed by atoms with E-state index in [1.165, 1.54) is 23.0 Å². The van der Waals surface area contributed by atoms with Gasteiger partial charge in [0.25, 0.3) is 5.91 Å². The van der Waals surface area contributed by atoms with E-state index in [9.17, 15) is 4.79 Å². The van der Waals surface area contributed by atoms with Crippen LogP contribution in [0.2, 0.25) is 0 Å². The van der Waals surface area contributed by atoms with Crippen LogP contribution in [0.1, 0.15) is 22.2 Å². The molecule has 2 saturated heterocycles. The SMILES string of the molecule is O=C(c1ncn[nH]1)N1CCN(CC2CNNC2c2ccc(-c3ccccc3)cc2)CC1. The molecule has 3 N–H and O–H groups in total. The number of rotatable bonds is 5. The molecule has 31 heavy (non-hydrogen) atoms. The summed E-state index contributed by atoms with van der Waals surface area (Å²) in [7, 11) is 0. The van der Waals surface area contributed by atoms with Gasteiger partial charge >= 0.3 is 0 Å². The molecule has 8 heteroatoms. The van der Waals surface area contributed by atoms with E-state index in [0.29, 0.717) is 24.8 Å². The zero-order valence-electron chi connectivity index (χ0n) is 17.4. The lowest BCUT2D eigenvalue weighted by Gasteiger charge is -2.36. The molecule has 0 radical (unpaired) electrons. The first kappa shape index (κ1) is 19.9. The topological polar surface area (TPSA) is 89.2 Å². The van der Waals surface area contributed by atoms with Gasteiger partial charge in [0.15, 0.2) is 0 Å². The molecule has 1 aromatic heterocycles. The first-order valence-electron chi connectivity index (χ1n) is 10.8. The number of piperazine rings is 1. The molecule has 0 aliphatic carbocycles. The van der Waals surface area contributed by atoms with Crippen LogP contribution in [0, 0.1) is 5.92 Å². The minimum Gasteiger partial charge on any atom is -0.333 e. The maximum absolute atomic E-state index is 12.4. The molecule has 2 fully saturated rings. The average molecular weight is 418 g/mol. The number of carbonyl (C=O) groups is 1. The second-order valence-corrected chi connectivity index (χ2v) is 8.18. The van der Waals surface area contributed by atoms with Crippen LogP contribution in [0.25, 0.3) is 11.1 Å². The monoisotopic (exact) mass is 417 g/mol. The molecule has 2 unspecified atom stereocenters. The number of benzene rings is 2. The third-order valence-corrected chi connectivity index (χ3v) is 6.24. The third-order valence-electron chi connectivity index (χ3n) is 6.24. The quantitative estimate of drug-likeness (QED) is 0.586. The molecular formula is C23H27N7O. The summed E-state index contributed by atoms with van der Waals surface area (Å²) < 4.78 is 0. The second-order valence-electron chi connectivity index (χ2n) is 8.18. The molecule has 2 aliphatic rings. The molecule has 3 aromatic rings. The molecule has 160 valence electrons. The van der Waals surface area contributed by atoms with Crippen LogP contribution in [0.4, 0.5) is 0 Å². The van der Waals surface area contributed by atoms with E-state index in [0.717, 1.165) is 26.2 Å². The van der Waals surface area contributed by atoms with Crippen LogP contribution in [0.15, 0.2) is 60.9 Å². The normalized spacial score (nSPS) is 22.0. The highest BCUT2D eigenvalue weighted by Gasteiger charge is 2.31. The first-order valence-corrected chi connectivity index (χ1v) is 10.8. The second kappa shape index (κ2) is 8.97. The highest BCUT2D eigenvalue weighted by atomic mass is 16.2. The lowest BCUT2D eigenvalue weighted by molar-refractivity contribution is 0.0604. The van der Waals surface area contributed by atoms with E-state index in [1.54, 1.807) is 0 Å². The summed E-state index contributed by atoms with van der Waals surface area (Å²) in [5, 5.41) is 6.43. The Morgan fingerprint density at radius 1 is 0.968 bits per heavy atom. The summed E-state index contributed by atoms with van der Waals surface area (Å²) in [5.41, 5.74) is 10.6. The smallest absolute Gasteiger partial charge is 0.291 e. The number of hydrogen-bond acceptors (Lipinski definition) is 6. The molecule has 2 atom stereocenters. The summed E-state index contributed by atoms with van der Waals surface area (Å²) in [4.78, 5) is 20.7. The molecule has 0 bridgehead atoms. The van der Waals surface area contributed by atoms with Crippen molar-refractivity contribution in [3.05, 3.63) is 72.3 Å². The van der Waals surface area contributed by atoms with E-state index in [-0.39, 0.29) is 11.9 Å². The molecule has 0 saturated carbocycles. The Kier molecular flexibility index (Phi) is 5.75. The van der Waals surface area contributed by atoms with Gasteiger partial charge in [0.05, 0.1) is 6.04 Å². The molecule has 1 amide bonds. The molecular weight excluding hydrogens is 390 g/mol. The number of hydrazine groups is 1. The number of aromatic nitrogens is 3. The number of H-pyrrole nitrogens is 1. The van der Waals surface area contributed by atoms with Gasteiger partial charge in [-0.15, -0.1) is 0 Å². The number of nitrogens with one attached hydrogen (secondary N) is 3. The fourth-order valence-corrected chi connectivity index (χ4v) is 4.50. The zero-order valence-corrected chi connectivity index (χ0v) is 17.4. The third kappa shape index (κ3) is 4.36. The Labute approximate surface area is 181 Å². The number of nitrogens with zero attached hydrogens (tertiary/aromatic N) is 4. The summed E-state index contributed by atoms with van der Waals surface area (Å²) in [6, 6.07) is 19.6. The predicted octanol–water partition coefficient (Wildman–Crippen LogP) is 1.69. The average Bonchev–Trinajstić information content (AvgIpc) is 3.53. The summed E-state index contributed by atoms with van der Waals surface area (Å²) in [6.45, 7) is 5.09. The highest BCUT2D eigenvalue weighted by Crippen LogP contribution is 2.28. The van der Waals surface area contributed by atoms with Gasteiger partial charge < -0.3 is 4.90 Å². The molecule has 2 aliphatic heterocycles. The lowest BCUT2D eigenvalue weighted by atomic mass is 9.92. The minimum absolute atomic E-state index is 0.0715. The summed E-state index contributed by atoms with van der Waals surface area (Å²) >= 11 is 0. The molecule has 5 rings (SSSR count). The van der Waals surface area contributed by atoms with Crippen LogP contribution in [-0.2, 0) is 0 Å². The van der Waals surface area contributed by atoms with E-state index in [2.05, 4.69) is 79.5 Å². The van der Waals surface area contributed by atoms with E-state index in [4.69, 9.17) is 0 Å². The van der Waals surface area contributed by atoms with Crippen molar-refractivity contribution in [1.29, 1.82) is 0 Å². The van der Waals surface area contributed by atoms with Gasteiger partial charge in [-0.25, -0.2) is 10.4 Å². The zero-order chi connectivity index (χ0) is 21.0.